The Morgan fingerprint density at radius 1 is 0.806 bits per heavy atom. The highest BCUT2D eigenvalue weighted by molar-refractivity contribution is 7.96. The van der Waals surface area contributed by atoms with Crippen LogP contribution in [-0.2, 0) is 52.1 Å². The van der Waals surface area contributed by atoms with Crippen LogP contribution >= 0.6 is 24.1 Å². The van der Waals surface area contributed by atoms with E-state index in [1.54, 1.807) is 0 Å². The number of aliphatic carboxylic acids is 1. The largest absolute Gasteiger partial charge is 0.691 e. The summed E-state index contributed by atoms with van der Waals surface area (Å²) in [5, 5.41) is 41.1. The van der Waals surface area contributed by atoms with Gasteiger partial charge in [-0.15, -0.1) is 0 Å². The van der Waals surface area contributed by atoms with Crippen LogP contribution in [0.3, 0.4) is 0 Å². The molecule has 0 unspecified atom stereocenters. The summed E-state index contributed by atoms with van der Waals surface area (Å²) < 4.78 is 18.5. The van der Waals surface area contributed by atoms with Crippen LogP contribution in [0.2, 0.25) is 0 Å². The van der Waals surface area contributed by atoms with Crippen molar-refractivity contribution in [1.82, 2.24) is 0 Å². The molecule has 0 aromatic rings. The summed E-state index contributed by atoms with van der Waals surface area (Å²) in [5.74, 6) is -2.80. The number of ether oxygens (including phenoxy) is 3. The lowest BCUT2D eigenvalue weighted by atomic mass is 10.2. The number of hydrogen-bond acceptors (Lipinski definition) is 16. The molecular weight excluding hydrogens is 472 g/mol. The highest BCUT2D eigenvalue weighted by Gasteiger charge is 2.32. The minimum absolute atomic E-state index is 0.453. The van der Waals surface area contributed by atoms with E-state index in [0.29, 0.717) is 24.1 Å². The van der Waals surface area contributed by atoms with Gasteiger partial charge in [0, 0.05) is 37.9 Å². The highest BCUT2D eigenvalue weighted by Crippen LogP contribution is 2.26. The first-order chi connectivity index (χ1) is 14.2. The third kappa shape index (κ3) is 22.8. The fourth-order valence-electron chi connectivity index (χ4n) is 0.698. The first-order valence-electron chi connectivity index (χ1n) is 7.74. The maximum atomic E-state index is 11.3. The van der Waals surface area contributed by atoms with E-state index in [1.807, 2.05) is 0 Å². The lowest BCUT2D eigenvalue weighted by molar-refractivity contribution is -0.777. The van der Waals surface area contributed by atoms with Crippen molar-refractivity contribution in [3.05, 3.63) is 0 Å². The van der Waals surface area contributed by atoms with Crippen molar-refractivity contribution < 1.29 is 72.9 Å². The molecule has 0 atom stereocenters. The van der Waals surface area contributed by atoms with Crippen molar-refractivity contribution >= 4 is 48.0 Å². The zero-order valence-electron chi connectivity index (χ0n) is 17.4. The van der Waals surface area contributed by atoms with E-state index in [4.69, 9.17) is 10.2 Å². The molecule has 0 bridgehead atoms. The molecule has 0 rings (SSSR count). The summed E-state index contributed by atoms with van der Waals surface area (Å²) in [7, 11) is 0. The predicted octanol–water partition coefficient (Wildman–Crippen LogP) is -1.08. The topological polar surface area (TPSA) is 219 Å². The Labute approximate surface area is 185 Å². The average molecular weight is 496 g/mol. The van der Waals surface area contributed by atoms with E-state index in [1.165, 1.54) is 41.5 Å². The number of carbonyl (C=O) groups excluding carboxylic acids is 3. The van der Waals surface area contributed by atoms with Crippen molar-refractivity contribution in [3.8, 4) is 0 Å². The van der Waals surface area contributed by atoms with Gasteiger partial charge in [-0.1, -0.05) is 0 Å². The molecule has 0 aliphatic carbocycles. The molecule has 31 heavy (non-hydrogen) atoms. The van der Waals surface area contributed by atoms with Crippen molar-refractivity contribution in [2.45, 2.75) is 51.0 Å². The van der Waals surface area contributed by atoms with Crippen LogP contribution in [0.1, 0.15) is 41.5 Å². The SMILES string of the molecule is CC(=O)OCO.CC(=O)OCOC(=O)C(C)(C)SOO[O-].CC(C)(SOO[O-])C(=O)O. The molecule has 0 heterocycles. The van der Waals surface area contributed by atoms with Gasteiger partial charge in [-0.05, 0) is 27.7 Å². The first kappa shape index (κ1) is 33.9. The molecule has 0 aromatic heterocycles. The molecule has 17 heteroatoms. The molecule has 0 saturated carbocycles. The molecule has 0 aromatic carbocycles. The van der Waals surface area contributed by atoms with Crippen LogP contribution < -0.4 is 10.5 Å². The van der Waals surface area contributed by atoms with Gasteiger partial charge < -0.3 is 34.9 Å². The Morgan fingerprint density at radius 2 is 1.23 bits per heavy atom. The van der Waals surface area contributed by atoms with Crippen LogP contribution in [-0.4, -0.2) is 57.2 Å². The molecule has 0 saturated heterocycles. The van der Waals surface area contributed by atoms with Crippen molar-refractivity contribution in [2.75, 3.05) is 13.6 Å². The van der Waals surface area contributed by atoms with E-state index >= 15 is 0 Å². The number of carboxylic acids is 1. The molecular formula is C14H24O15S2-2. The number of carboxylic acid groups (broad SMARTS) is 1. The van der Waals surface area contributed by atoms with Gasteiger partial charge >= 0.3 is 23.9 Å². The Bertz CT molecular complexity index is 538. The van der Waals surface area contributed by atoms with E-state index in [-0.39, 0.29) is 0 Å². The quantitative estimate of drug-likeness (QED) is 0.114. The maximum Gasteiger partial charge on any atom is 0.327 e. The summed E-state index contributed by atoms with van der Waals surface area (Å²) in [6.07, 6.45) is 0. The fraction of sp³-hybridized carbons (Fsp3) is 0.714. The number of aliphatic hydroxyl groups is 1. The summed E-state index contributed by atoms with van der Waals surface area (Å²) in [6.45, 7) is 7.10. The van der Waals surface area contributed by atoms with Gasteiger partial charge in [0.25, 0.3) is 0 Å². The van der Waals surface area contributed by atoms with E-state index < -0.39 is 47.0 Å². The van der Waals surface area contributed by atoms with Crippen LogP contribution in [0.5, 0.6) is 0 Å². The first-order valence-corrected chi connectivity index (χ1v) is 9.23. The van der Waals surface area contributed by atoms with Crippen molar-refractivity contribution in [1.29, 1.82) is 0 Å². The minimum atomic E-state index is -1.16. The van der Waals surface area contributed by atoms with Crippen molar-refractivity contribution in [3.63, 3.8) is 0 Å². The van der Waals surface area contributed by atoms with Gasteiger partial charge in [0.2, 0.25) is 6.79 Å². The maximum absolute atomic E-state index is 11.3. The van der Waals surface area contributed by atoms with Crippen LogP contribution in [0.25, 0.3) is 0 Å². The van der Waals surface area contributed by atoms with Crippen LogP contribution in [0.4, 0.5) is 0 Å². The molecule has 2 N–H and O–H groups in total. The lowest BCUT2D eigenvalue weighted by Crippen LogP contribution is -2.31. The Morgan fingerprint density at radius 3 is 1.52 bits per heavy atom. The van der Waals surface area contributed by atoms with E-state index in [0.717, 1.165) is 0 Å². The second kappa shape index (κ2) is 19.0. The second-order valence-corrected chi connectivity index (χ2v) is 8.36. The standard InChI is InChI=1S/C7H12O7S.C4H8O5S.C3H6O3/c1-5(8)11-4-12-6(9)7(2,3)15-14-13-10;1-4(2,3(5)6)10-9-8-7;1-3(5)6-2-4/h10H,4H2,1-3H3;7H,1-2H3,(H,5,6);4H,2H2,1H3/p-2. The Kier molecular flexibility index (Phi) is 20.8. The summed E-state index contributed by atoms with van der Waals surface area (Å²) in [5.41, 5.74) is 0. The summed E-state index contributed by atoms with van der Waals surface area (Å²) in [4.78, 5) is 41.6. The zero-order valence-corrected chi connectivity index (χ0v) is 19.1. The Balaban J connectivity index is -0.000000421. The highest BCUT2D eigenvalue weighted by atomic mass is 32.2. The molecule has 0 aliphatic rings. The number of rotatable bonds is 11. The molecule has 0 spiro atoms. The monoisotopic (exact) mass is 496 g/mol. The predicted molar refractivity (Wildman–Crippen MR) is 96.9 cm³/mol. The summed E-state index contributed by atoms with van der Waals surface area (Å²) >= 11 is 0.948. The minimum Gasteiger partial charge on any atom is -0.691 e. The third-order valence-corrected chi connectivity index (χ3v) is 3.69. The number of hydrogen-bond donors (Lipinski definition) is 2. The van der Waals surface area contributed by atoms with Gasteiger partial charge in [0.05, 0.1) is 0 Å². The van der Waals surface area contributed by atoms with Crippen LogP contribution in [0, 0.1) is 0 Å². The summed E-state index contributed by atoms with van der Waals surface area (Å²) in [6, 6.07) is 0. The van der Waals surface area contributed by atoms with Gasteiger partial charge in [-0.25, -0.2) is 0 Å². The Hall–Kier alpha value is -1.70. The smallest absolute Gasteiger partial charge is 0.327 e. The van der Waals surface area contributed by atoms with E-state index in [2.05, 4.69) is 33.0 Å². The lowest BCUT2D eigenvalue weighted by Gasteiger charge is -2.20. The zero-order chi connectivity index (χ0) is 25.1. The number of carbonyl (C=O) groups is 4. The normalized spacial score (nSPS) is 10.5. The van der Waals surface area contributed by atoms with Gasteiger partial charge in [-0.2, -0.15) is 8.67 Å². The third-order valence-electron chi connectivity index (χ3n) is 2.27. The van der Waals surface area contributed by atoms with Gasteiger partial charge in [-0.3, -0.25) is 29.3 Å². The fourth-order valence-corrected chi connectivity index (χ4v) is 1.29. The van der Waals surface area contributed by atoms with Gasteiger partial charge in [0.1, 0.15) is 9.49 Å². The molecule has 15 nitrogen and oxygen atoms in total. The van der Waals surface area contributed by atoms with Crippen LogP contribution in [0.15, 0.2) is 0 Å². The van der Waals surface area contributed by atoms with Crippen molar-refractivity contribution in [2.24, 2.45) is 0 Å². The molecule has 184 valence electrons. The molecule has 0 aliphatic heterocycles. The van der Waals surface area contributed by atoms with E-state index in [9.17, 15) is 29.7 Å². The van der Waals surface area contributed by atoms with Gasteiger partial charge in [0.15, 0.2) is 6.79 Å². The molecule has 0 amide bonds. The number of aliphatic hydroxyl groups excluding tert-OH is 1. The second-order valence-electron chi connectivity index (χ2n) is 5.72. The molecule has 0 radical (unpaired) electrons. The molecule has 0 fully saturated rings. The number of esters is 3. The average Bonchev–Trinajstić information content (AvgIpc) is 2.65.